The molecule has 0 aliphatic carbocycles. The summed E-state index contributed by atoms with van der Waals surface area (Å²) in [4.78, 5) is 73.0. The van der Waals surface area contributed by atoms with E-state index < -0.39 is 97.5 Å². The zero-order valence-corrected chi connectivity index (χ0v) is 66.7. The molecule has 0 heterocycles. The Morgan fingerprint density at radius 1 is 0.279 bits per heavy atom. The summed E-state index contributed by atoms with van der Waals surface area (Å²) in [6, 6.07) is 0. The number of allylic oxidation sites excluding steroid dienone is 24. The average Bonchev–Trinajstić information content (AvgIpc) is 0.937. The number of rotatable bonds is 74. The third-order valence-corrected chi connectivity index (χ3v) is 18.2. The Morgan fingerprint density at radius 3 is 0.808 bits per heavy atom. The Morgan fingerprint density at radius 2 is 0.510 bits per heavy atom. The van der Waals surface area contributed by atoms with E-state index in [0.717, 1.165) is 161 Å². The summed E-state index contributed by atoms with van der Waals surface area (Å²) in [6.07, 6.45) is 86.9. The predicted molar refractivity (Wildman–Crippen MR) is 427 cm³/mol. The van der Waals surface area contributed by atoms with E-state index in [1.807, 2.05) is 12.2 Å². The van der Waals surface area contributed by atoms with Gasteiger partial charge in [-0.25, -0.2) is 9.13 Å². The number of esters is 4. The van der Waals surface area contributed by atoms with E-state index in [1.165, 1.54) is 64.2 Å². The molecule has 0 spiro atoms. The van der Waals surface area contributed by atoms with E-state index in [0.29, 0.717) is 32.1 Å². The van der Waals surface area contributed by atoms with Crippen LogP contribution in [0, 0.1) is 0 Å². The van der Waals surface area contributed by atoms with Gasteiger partial charge in [-0.05, 0) is 135 Å². The van der Waals surface area contributed by atoms with Crippen molar-refractivity contribution in [1.29, 1.82) is 0 Å². The van der Waals surface area contributed by atoms with E-state index in [-0.39, 0.29) is 25.7 Å². The van der Waals surface area contributed by atoms with Gasteiger partial charge in [-0.3, -0.25) is 37.3 Å². The Kier molecular flexibility index (Phi) is 72.4. The van der Waals surface area contributed by atoms with Crippen molar-refractivity contribution >= 4 is 39.5 Å². The number of hydrogen-bond acceptors (Lipinski definition) is 15. The van der Waals surface area contributed by atoms with Crippen molar-refractivity contribution in [3.63, 3.8) is 0 Å². The highest BCUT2D eigenvalue weighted by molar-refractivity contribution is 7.47. The van der Waals surface area contributed by atoms with Crippen LogP contribution in [0.1, 0.15) is 310 Å². The van der Waals surface area contributed by atoms with Gasteiger partial charge in [0.1, 0.15) is 19.3 Å². The second kappa shape index (κ2) is 76.1. The molecule has 0 radical (unpaired) electrons. The minimum absolute atomic E-state index is 0.0590. The zero-order valence-electron chi connectivity index (χ0n) is 64.9. The Bertz CT molecular complexity index is 2540. The highest BCUT2D eigenvalue weighted by Gasteiger charge is 2.30. The maximum absolute atomic E-state index is 13.1. The molecule has 0 aromatic heterocycles. The largest absolute Gasteiger partial charge is 0.472 e. The molecule has 0 bridgehead atoms. The van der Waals surface area contributed by atoms with Gasteiger partial charge in [-0.1, -0.05) is 296 Å². The molecule has 0 aromatic rings. The van der Waals surface area contributed by atoms with E-state index in [9.17, 15) is 43.2 Å². The quantitative estimate of drug-likeness (QED) is 0.0169. The van der Waals surface area contributed by atoms with E-state index in [4.69, 9.17) is 37.0 Å². The van der Waals surface area contributed by atoms with Crippen LogP contribution in [0.2, 0.25) is 0 Å². The van der Waals surface area contributed by atoms with Crippen LogP contribution in [-0.2, 0) is 65.4 Å². The summed E-state index contributed by atoms with van der Waals surface area (Å²) < 4.78 is 68.6. The van der Waals surface area contributed by atoms with Gasteiger partial charge in [0.2, 0.25) is 0 Å². The Labute approximate surface area is 630 Å². The van der Waals surface area contributed by atoms with Crippen LogP contribution < -0.4 is 0 Å². The first-order valence-electron chi connectivity index (χ1n) is 40.1. The Hall–Kier alpha value is -5.06. The number of aliphatic hydroxyl groups excluding tert-OH is 1. The number of phosphoric acid groups is 2. The SMILES string of the molecule is CC/C=C\C/C=C\C/C=C\C/C=C\C/C=C\CCCC(=O)OCC(COP(=O)(O)OCC(O)COP(=O)(O)OCC(COC(=O)CCCCCC/C=C\C/C=C\C/C=C\C/C=C\CC)OC(=O)CCCCCCCCCCCCCCCCC)OC(=O)CCCCCCC/C=C\C/C=C\C/C=C\CC. The molecule has 0 rings (SSSR count). The third-order valence-electron chi connectivity index (χ3n) is 16.3. The summed E-state index contributed by atoms with van der Waals surface area (Å²) in [6.45, 7) is 4.44. The molecule has 5 unspecified atom stereocenters. The number of aliphatic hydroxyl groups is 1. The number of ether oxygens (including phenoxy) is 4. The van der Waals surface area contributed by atoms with Crippen molar-refractivity contribution < 1.29 is 80.2 Å². The second-order valence-electron chi connectivity index (χ2n) is 26.2. The molecular formula is C85H142O17P2. The van der Waals surface area contributed by atoms with Crippen molar-refractivity contribution in [1.82, 2.24) is 0 Å². The van der Waals surface area contributed by atoms with E-state index >= 15 is 0 Å². The maximum Gasteiger partial charge on any atom is 0.472 e. The van der Waals surface area contributed by atoms with E-state index in [1.54, 1.807) is 0 Å². The first-order valence-corrected chi connectivity index (χ1v) is 43.1. The molecule has 0 saturated heterocycles. The molecule has 0 fully saturated rings. The lowest BCUT2D eigenvalue weighted by Crippen LogP contribution is -2.30. The lowest BCUT2D eigenvalue weighted by atomic mass is 10.0. The molecule has 5 atom stereocenters. The average molecular weight is 1500 g/mol. The topological polar surface area (TPSA) is 237 Å². The smallest absolute Gasteiger partial charge is 0.462 e. The molecule has 3 N–H and O–H groups in total. The van der Waals surface area contributed by atoms with Crippen molar-refractivity contribution in [2.75, 3.05) is 39.6 Å². The van der Waals surface area contributed by atoms with Gasteiger partial charge in [-0.15, -0.1) is 0 Å². The number of carbonyl (C=O) groups is 4. The van der Waals surface area contributed by atoms with Crippen molar-refractivity contribution in [3.8, 4) is 0 Å². The number of unbranched alkanes of at least 4 members (excludes halogenated alkanes) is 24. The molecule has 594 valence electrons. The van der Waals surface area contributed by atoms with Crippen LogP contribution in [0.15, 0.2) is 146 Å². The summed E-state index contributed by atoms with van der Waals surface area (Å²) in [5, 5.41) is 10.6. The first-order chi connectivity index (χ1) is 50.7. The molecule has 0 amide bonds. The van der Waals surface area contributed by atoms with Crippen molar-refractivity contribution in [2.45, 2.75) is 329 Å². The predicted octanol–water partition coefficient (Wildman–Crippen LogP) is 23.4. The molecule has 17 nitrogen and oxygen atoms in total. The van der Waals surface area contributed by atoms with Crippen LogP contribution in [0.4, 0.5) is 0 Å². The summed E-state index contributed by atoms with van der Waals surface area (Å²) in [5.41, 5.74) is 0. The van der Waals surface area contributed by atoms with Crippen molar-refractivity contribution in [2.24, 2.45) is 0 Å². The summed E-state index contributed by atoms with van der Waals surface area (Å²) in [5.74, 6) is -2.29. The summed E-state index contributed by atoms with van der Waals surface area (Å²) in [7, 11) is -9.99. The highest BCUT2D eigenvalue weighted by atomic mass is 31.2. The fourth-order valence-electron chi connectivity index (χ4n) is 10.3. The number of phosphoric ester groups is 2. The molecular weight excluding hydrogens is 1350 g/mol. The van der Waals surface area contributed by atoms with Crippen LogP contribution in [-0.4, -0.2) is 96.7 Å². The lowest BCUT2D eigenvalue weighted by Gasteiger charge is -2.21. The molecule has 0 saturated carbocycles. The number of carbonyl (C=O) groups excluding carboxylic acids is 4. The van der Waals surface area contributed by atoms with Gasteiger partial charge >= 0.3 is 39.5 Å². The van der Waals surface area contributed by atoms with Gasteiger partial charge in [0.05, 0.1) is 26.4 Å². The van der Waals surface area contributed by atoms with Gasteiger partial charge in [0, 0.05) is 25.7 Å². The second-order valence-corrected chi connectivity index (χ2v) is 29.1. The van der Waals surface area contributed by atoms with Crippen LogP contribution in [0.25, 0.3) is 0 Å². The van der Waals surface area contributed by atoms with Gasteiger partial charge < -0.3 is 33.8 Å². The standard InChI is InChI=1S/C85H142O17P2/c1-5-9-13-17-21-25-29-33-37-39-43-45-49-53-57-61-65-69-82(87)95-75-80(101-84(89)71-67-63-59-55-51-47-41-35-31-27-23-19-15-11-7-3)77-99-103(91,92)97-73-79(86)74-98-104(93,94)100-78-81(102-85(90)72-68-64-60-56-52-48-42-36-32-28-24-20-16-12-8-4)76-96-83(88)70-66-62-58-54-50-46-44-40-38-34-30-26-22-18-14-10-6-2/h9-11,13-15,21-23,25-27,33-35,37-38,41,43-46,53,57,79-81,86H,5-8,12,16-20,24,28-32,36,39-40,42,47-52,54-56,58-78H2,1-4H3,(H,91,92)(H,93,94)/b13-9-,14-10-,15-11-,25-21-,26-22-,27-23-,37-33-,38-34-,41-35-,45-43-,46-44-,57-53-. The fraction of sp³-hybridized carbons (Fsp3) is 0.671. The molecule has 0 aliphatic heterocycles. The highest BCUT2D eigenvalue weighted by Crippen LogP contribution is 2.45. The number of hydrogen-bond donors (Lipinski definition) is 3. The molecule has 0 aliphatic rings. The van der Waals surface area contributed by atoms with Crippen LogP contribution in [0.3, 0.4) is 0 Å². The van der Waals surface area contributed by atoms with Gasteiger partial charge in [-0.2, -0.15) is 0 Å². The molecule has 19 heteroatoms. The molecule has 0 aromatic carbocycles. The first kappa shape index (κ1) is 98.9. The Balaban J connectivity index is 5.45. The normalized spacial score (nSPS) is 14.6. The minimum atomic E-state index is -5.00. The van der Waals surface area contributed by atoms with Crippen molar-refractivity contribution in [3.05, 3.63) is 146 Å². The summed E-state index contributed by atoms with van der Waals surface area (Å²) >= 11 is 0. The minimum Gasteiger partial charge on any atom is -0.462 e. The molecule has 104 heavy (non-hydrogen) atoms. The van der Waals surface area contributed by atoms with Crippen LogP contribution >= 0.6 is 15.6 Å². The van der Waals surface area contributed by atoms with Gasteiger partial charge in [0.15, 0.2) is 12.2 Å². The fourth-order valence-corrected chi connectivity index (χ4v) is 11.9. The third kappa shape index (κ3) is 75.2. The monoisotopic (exact) mass is 1500 g/mol. The maximum atomic E-state index is 13.1. The zero-order chi connectivity index (χ0) is 76.0. The van der Waals surface area contributed by atoms with Crippen LogP contribution in [0.5, 0.6) is 0 Å². The van der Waals surface area contributed by atoms with Gasteiger partial charge in [0.25, 0.3) is 0 Å². The van der Waals surface area contributed by atoms with E-state index in [2.05, 4.69) is 161 Å². The lowest BCUT2D eigenvalue weighted by molar-refractivity contribution is -0.161.